The van der Waals surface area contributed by atoms with Gasteiger partial charge in [0.25, 0.3) is 0 Å². The summed E-state index contributed by atoms with van der Waals surface area (Å²) in [5, 5.41) is 12.4. The van der Waals surface area contributed by atoms with Gasteiger partial charge in [-0.2, -0.15) is 5.26 Å². The van der Waals surface area contributed by atoms with Crippen molar-refractivity contribution in [1.29, 1.82) is 5.26 Å². The molecule has 1 aromatic rings. The SMILES string of the molecule is N#Cc1cccnc1N1CCN(CC(=O)NC2CCCCC2)CC1. The molecule has 1 saturated carbocycles. The third-order valence-electron chi connectivity index (χ3n) is 4.92. The van der Waals surface area contributed by atoms with Crippen LogP contribution in [0.15, 0.2) is 18.3 Å². The Hall–Kier alpha value is -2.13. The second-order valence-electron chi connectivity index (χ2n) is 6.65. The van der Waals surface area contributed by atoms with E-state index in [1.807, 2.05) is 0 Å². The quantitative estimate of drug-likeness (QED) is 0.908. The van der Waals surface area contributed by atoms with Crippen molar-refractivity contribution in [3.8, 4) is 6.07 Å². The van der Waals surface area contributed by atoms with E-state index >= 15 is 0 Å². The molecule has 0 bridgehead atoms. The topological polar surface area (TPSA) is 72.3 Å². The van der Waals surface area contributed by atoms with Crippen LogP contribution in [0.3, 0.4) is 0 Å². The third kappa shape index (κ3) is 4.24. The molecule has 3 rings (SSSR count). The predicted molar refractivity (Wildman–Crippen MR) is 92.6 cm³/mol. The predicted octanol–water partition coefficient (Wildman–Crippen LogP) is 1.52. The molecular formula is C18H25N5O. The summed E-state index contributed by atoms with van der Waals surface area (Å²) in [4.78, 5) is 20.9. The van der Waals surface area contributed by atoms with Gasteiger partial charge in [0.15, 0.2) is 0 Å². The Bertz CT molecular complexity index is 598. The number of hydrogen-bond donors (Lipinski definition) is 1. The minimum absolute atomic E-state index is 0.144. The van der Waals surface area contributed by atoms with Gasteiger partial charge < -0.3 is 10.2 Å². The average Bonchev–Trinajstić information content (AvgIpc) is 2.63. The van der Waals surface area contributed by atoms with Gasteiger partial charge in [-0.15, -0.1) is 0 Å². The van der Waals surface area contributed by atoms with Gasteiger partial charge in [0.05, 0.1) is 12.1 Å². The number of piperazine rings is 1. The fourth-order valence-electron chi connectivity index (χ4n) is 3.58. The third-order valence-corrected chi connectivity index (χ3v) is 4.92. The molecular weight excluding hydrogens is 302 g/mol. The number of rotatable bonds is 4. The molecule has 0 spiro atoms. The van der Waals surface area contributed by atoms with Crippen LogP contribution in [0.5, 0.6) is 0 Å². The maximum Gasteiger partial charge on any atom is 0.234 e. The summed E-state index contributed by atoms with van der Waals surface area (Å²) in [6, 6.07) is 6.16. The van der Waals surface area contributed by atoms with Crippen molar-refractivity contribution in [2.75, 3.05) is 37.6 Å². The van der Waals surface area contributed by atoms with E-state index in [4.69, 9.17) is 0 Å². The van der Waals surface area contributed by atoms with E-state index in [0.717, 1.165) is 44.8 Å². The normalized spacial score (nSPS) is 19.7. The summed E-state index contributed by atoms with van der Waals surface area (Å²) in [7, 11) is 0. The summed E-state index contributed by atoms with van der Waals surface area (Å²) in [5.41, 5.74) is 0.612. The van der Waals surface area contributed by atoms with Crippen LogP contribution in [-0.4, -0.2) is 54.6 Å². The Balaban J connectivity index is 1.46. The molecule has 6 nitrogen and oxygen atoms in total. The zero-order valence-electron chi connectivity index (χ0n) is 14.1. The summed E-state index contributed by atoms with van der Waals surface area (Å²) in [5.74, 6) is 0.900. The minimum atomic E-state index is 0.144. The van der Waals surface area contributed by atoms with Crippen LogP contribution >= 0.6 is 0 Å². The average molecular weight is 327 g/mol. The molecule has 2 aliphatic rings. The number of hydrogen-bond acceptors (Lipinski definition) is 5. The maximum absolute atomic E-state index is 12.2. The molecule has 1 aromatic heterocycles. The minimum Gasteiger partial charge on any atom is -0.353 e. The van der Waals surface area contributed by atoms with E-state index in [-0.39, 0.29) is 5.91 Å². The second kappa shape index (κ2) is 8.11. The van der Waals surface area contributed by atoms with Gasteiger partial charge in [-0.05, 0) is 25.0 Å². The monoisotopic (exact) mass is 327 g/mol. The number of aromatic nitrogens is 1. The van der Waals surface area contributed by atoms with Crippen molar-refractivity contribution in [2.45, 2.75) is 38.1 Å². The number of carbonyl (C=O) groups excluding carboxylic acids is 1. The number of nitrogens with one attached hydrogen (secondary N) is 1. The Morgan fingerprint density at radius 3 is 2.71 bits per heavy atom. The van der Waals surface area contributed by atoms with Gasteiger partial charge in [-0.3, -0.25) is 9.69 Å². The lowest BCUT2D eigenvalue weighted by Crippen LogP contribution is -2.51. The first-order valence-electron chi connectivity index (χ1n) is 8.88. The van der Waals surface area contributed by atoms with Crippen molar-refractivity contribution < 1.29 is 4.79 Å². The summed E-state index contributed by atoms with van der Waals surface area (Å²) in [6.07, 6.45) is 7.73. The number of amides is 1. The van der Waals surface area contributed by atoms with E-state index in [0.29, 0.717) is 18.2 Å². The van der Waals surface area contributed by atoms with Crippen molar-refractivity contribution >= 4 is 11.7 Å². The van der Waals surface area contributed by atoms with Crippen LogP contribution < -0.4 is 10.2 Å². The largest absolute Gasteiger partial charge is 0.353 e. The van der Waals surface area contributed by atoms with E-state index in [1.165, 1.54) is 19.3 Å². The summed E-state index contributed by atoms with van der Waals surface area (Å²) < 4.78 is 0. The van der Waals surface area contributed by atoms with Crippen LogP contribution in [0.25, 0.3) is 0 Å². The highest BCUT2D eigenvalue weighted by molar-refractivity contribution is 5.78. The molecule has 0 aromatic carbocycles. The Morgan fingerprint density at radius 1 is 1.25 bits per heavy atom. The molecule has 6 heteroatoms. The molecule has 1 aliphatic carbocycles. The highest BCUT2D eigenvalue weighted by atomic mass is 16.2. The molecule has 0 unspecified atom stereocenters. The lowest BCUT2D eigenvalue weighted by molar-refractivity contribution is -0.123. The Labute approximate surface area is 143 Å². The van der Waals surface area contributed by atoms with E-state index in [2.05, 4.69) is 26.2 Å². The molecule has 1 N–H and O–H groups in total. The smallest absolute Gasteiger partial charge is 0.234 e. The Kier molecular flexibility index (Phi) is 5.65. The van der Waals surface area contributed by atoms with Crippen molar-refractivity contribution in [3.63, 3.8) is 0 Å². The maximum atomic E-state index is 12.2. The zero-order chi connectivity index (χ0) is 16.8. The Morgan fingerprint density at radius 2 is 2.00 bits per heavy atom. The molecule has 128 valence electrons. The van der Waals surface area contributed by atoms with Crippen molar-refractivity contribution in [1.82, 2.24) is 15.2 Å². The fourth-order valence-corrected chi connectivity index (χ4v) is 3.58. The van der Waals surface area contributed by atoms with E-state index in [9.17, 15) is 10.1 Å². The lowest BCUT2D eigenvalue weighted by Gasteiger charge is -2.35. The first-order chi connectivity index (χ1) is 11.8. The molecule has 24 heavy (non-hydrogen) atoms. The molecule has 1 aliphatic heterocycles. The van der Waals surface area contributed by atoms with Gasteiger partial charge in [-0.1, -0.05) is 19.3 Å². The number of anilines is 1. The molecule has 1 saturated heterocycles. The van der Waals surface area contributed by atoms with Gasteiger partial charge in [0, 0.05) is 38.4 Å². The zero-order valence-corrected chi connectivity index (χ0v) is 14.1. The van der Waals surface area contributed by atoms with Crippen LogP contribution in [0, 0.1) is 11.3 Å². The van der Waals surface area contributed by atoms with Gasteiger partial charge >= 0.3 is 0 Å². The fraction of sp³-hybridized carbons (Fsp3) is 0.611. The van der Waals surface area contributed by atoms with Crippen LogP contribution in [0.4, 0.5) is 5.82 Å². The molecule has 0 radical (unpaired) electrons. The molecule has 1 amide bonds. The van der Waals surface area contributed by atoms with E-state index < -0.39 is 0 Å². The summed E-state index contributed by atoms with van der Waals surface area (Å²) >= 11 is 0. The lowest BCUT2D eigenvalue weighted by atomic mass is 9.95. The highest BCUT2D eigenvalue weighted by Crippen LogP contribution is 2.19. The van der Waals surface area contributed by atoms with Crippen LogP contribution in [-0.2, 0) is 4.79 Å². The molecule has 0 atom stereocenters. The van der Waals surface area contributed by atoms with Crippen LogP contribution in [0.1, 0.15) is 37.7 Å². The summed E-state index contributed by atoms with van der Waals surface area (Å²) in [6.45, 7) is 3.70. The number of nitriles is 1. The number of carbonyl (C=O) groups is 1. The van der Waals surface area contributed by atoms with Crippen molar-refractivity contribution in [3.05, 3.63) is 23.9 Å². The first-order valence-corrected chi connectivity index (χ1v) is 8.88. The molecule has 2 heterocycles. The standard InChI is InChI=1S/C18H25N5O/c19-13-15-5-4-8-20-18(15)23-11-9-22(10-12-23)14-17(24)21-16-6-2-1-3-7-16/h4-5,8,16H,1-3,6-7,9-12,14H2,(H,21,24). The first kappa shape index (κ1) is 16.7. The highest BCUT2D eigenvalue weighted by Gasteiger charge is 2.22. The van der Waals surface area contributed by atoms with Gasteiger partial charge in [0.1, 0.15) is 11.9 Å². The van der Waals surface area contributed by atoms with Gasteiger partial charge in [-0.25, -0.2) is 4.98 Å². The van der Waals surface area contributed by atoms with Crippen LogP contribution in [0.2, 0.25) is 0 Å². The molecule has 2 fully saturated rings. The van der Waals surface area contributed by atoms with E-state index in [1.54, 1.807) is 18.3 Å². The van der Waals surface area contributed by atoms with Crippen molar-refractivity contribution in [2.24, 2.45) is 0 Å². The number of nitrogens with zero attached hydrogens (tertiary/aromatic N) is 4. The second-order valence-corrected chi connectivity index (χ2v) is 6.65. The van der Waals surface area contributed by atoms with Gasteiger partial charge in [0.2, 0.25) is 5.91 Å². The number of pyridine rings is 1.